The lowest BCUT2D eigenvalue weighted by Gasteiger charge is -2.22. The van der Waals surface area contributed by atoms with Crippen molar-refractivity contribution in [2.24, 2.45) is 0 Å². The Labute approximate surface area is 162 Å². The molecular formula is C20H32N4O3. The number of hydrogen-bond acceptors (Lipinski definition) is 5. The quantitative estimate of drug-likeness (QED) is 0.396. The van der Waals surface area contributed by atoms with E-state index in [0.29, 0.717) is 18.2 Å². The average Bonchev–Trinajstić information content (AvgIpc) is 2.97. The molecule has 1 amide bonds. The molecule has 1 heterocycles. The Balaban J connectivity index is 2.50. The number of aromatic nitrogens is 3. The van der Waals surface area contributed by atoms with Crippen molar-refractivity contribution in [1.29, 1.82) is 0 Å². The third-order valence-electron chi connectivity index (χ3n) is 3.45. The van der Waals surface area contributed by atoms with Crippen molar-refractivity contribution >= 4 is 11.8 Å². The molecule has 1 N–H and O–H groups in total. The minimum Gasteiger partial charge on any atom is -0.492 e. The van der Waals surface area contributed by atoms with E-state index in [1.165, 1.54) is 0 Å². The van der Waals surface area contributed by atoms with E-state index in [1.807, 2.05) is 53.7 Å². The van der Waals surface area contributed by atoms with Crippen molar-refractivity contribution in [2.45, 2.75) is 66.0 Å². The van der Waals surface area contributed by atoms with Crippen LogP contribution in [-0.2, 0) is 9.47 Å². The van der Waals surface area contributed by atoms with Gasteiger partial charge in [0.05, 0.1) is 6.61 Å². The molecular weight excluding hydrogens is 344 g/mol. The van der Waals surface area contributed by atoms with Crippen LogP contribution in [0.15, 0.2) is 36.9 Å². The van der Waals surface area contributed by atoms with E-state index < -0.39 is 11.7 Å². The van der Waals surface area contributed by atoms with E-state index in [9.17, 15) is 4.79 Å². The lowest BCUT2D eigenvalue weighted by molar-refractivity contribution is 0.0504. The maximum Gasteiger partial charge on any atom is 0.407 e. The first-order valence-corrected chi connectivity index (χ1v) is 9.16. The number of allylic oxidation sites excluding steroid dienone is 4. The molecule has 1 rings (SSSR count). The van der Waals surface area contributed by atoms with Gasteiger partial charge in [-0.2, -0.15) is 5.10 Å². The van der Waals surface area contributed by atoms with Crippen molar-refractivity contribution in [3.05, 3.63) is 42.7 Å². The van der Waals surface area contributed by atoms with E-state index in [2.05, 4.69) is 22.0 Å². The number of rotatable bonds is 9. The SMILES string of the molecule is C=C/C=C(\C(=C/C)OCCCC(C)NC(=O)OC(C)(C)C)n1cnc(C)n1. The molecule has 1 unspecified atom stereocenters. The van der Waals surface area contributed by atoms with Crippen LogP contribution in [0.2, 0.25) is 0 Å². The fourth-order valence-corrected chi connectivity index (χ4v) is 2.30. The zero-order chi connectivity index (χ0) is 20.4. The first-order valence-electron chi connectivity index (χ1n) is 9.16. The fraction of sp³-hybridized carbons (Fsp3) is 0.550. The first-order chi connectivity index (χ1) is 12.7. The van der Waals surface area contributed by atoms with Crippen LogP contribution >= 0.6 is 0 Å². The second-order valence-electron chi connectivity index (χ2n) is 7.21. The van der Waals surface area contributed by atoms with E-state index in [0.717, 1.165) is 18.5 Å². The number of ether oxygens (including phenoxy) is 2. The minimum absolute atomic E-state index is 0.00124. The lowest BCUT2D eigenvalue weighted by atomic mass is 10.2. The molecule has 27 heavy (non-hydrogen) atoms. The van der Waals surface area contributed by atoms with Gasteiger partial charge >= 0.3 is 6.09 Å². The highest BCUT2D eigenvalue weighted by atomic mass is 16.6. The van der Waals surface area contributed by atoms with Gasteiger partial charge in [0.1, 0.15) is 29.2 Å². The van der Waals surface area contributed by atoms with Crippen LogP contribution in [0.3, 0.4) is 0 Å². The van der Waals surface area contributed by atoms with Gasteiger partial charge in [0, 0.05) is 6.04 Å². The molecule has 0 radical (unpaired) electrons. The molecule has 150 valence electrons. The van der Waals surface area contributed by atoms with Crippen molar-refractivity contribution in [2.75, 3.05) is 6.61 Å². The van der Waals surface area contributed by atoms with Crippen LogP contribution in [0.5, 0.6) is 0 Å². The molecule has 0 bridgehead atoms. The number of amides is 1. The predicted molar refractivity (Wildman–Crippen MR) is 107 cm³/mol. The zero-order valence-electron chi connectivity index (χ0n) is 17.3. The first kappa shape index (κ1) is 22.5. The highest BCUT2D eigenvalue weighted by Crippen LogP contribution is 2.17. The molecule has 0 aliphatic rings. The molecule has 0 spiro atoms. The van der Waals surface area contributed by atoms with Crippen molar-refractivity contribution in [3.63, 3.8) is 0 Å². The molecule has 0 aromatic carbocycles. The molecule has 0 saturated heterocycles. The van der Waals surface area contributed by atoms with Gasteiger partial charge in [0.2, 0.25) is 0 Å². The number of nitrogens with one attached hydrogen (secondary N) is 1. The largest absolute Gasteiger partial charge is 0.492 e. The monoisotopic (exact) mass is 376 g/mol. The summed E-state index contributed by atoms with van der Waals surface area (Å²) in [5, 5.41) is 7.16. The van der Waals surface area contributed by atoms with Gasteiger partial charge in [-0.1, -0.05) is 12.7 Å². The van der Waals surface area contributed by atoms with Crippen molar-refractivity contribution in [3.8, 4) is 0 Å². The van der Waals surface area contributed by atoms with Gasteiger partial charge in [-0.05, 0) is 66.5 Å². The van der Waals surface area contributed by atoms with Crippen LogP contribution in [0.4, 0.5) is 4.79 Å². The number of carbonyl (C=O) groups is 1. The van der Waals surface area contributed by atoms with Gasteiger partial charge in [0.25, 0.3) is 0 Å². The predicted octanol–water partition coefficient (Wildman–Crippen LogP) is 4.23. The Hall–Kier alpha value is -2.57. The van der Waals surface area contributed by atoms with Crippen molar-refractivity contribution < 1.29 is 14.3 Å². The zero-order valence-corrected chi connectivity index (χ0v) is 17.3. The Morgan fingerprint density at radius 2 is 2.15 bits per heavy atom. The standard InChI is InChI=1S/C20H32N4O3/c1-8-11-17(24-14-21-16(4)23-24)18(9-2)26-13-10-12-15(3)22-19(25)27-20(5,6)7/h8-9,11,14-15H,1,10,12-13H2,2-7H3,(H,22,25)/b17-11+,18-9+. The Bertz CT molecular complexity index is 684. The number of nitrogens with zero attached hydrogens (tertiary/aromatic N) is 3. The molecule has 1 aromatic heterocycles. The van der Waals surface area contributed by atoms with Gasteiger partial charge in [0.15, 0.2) is 0 Å². The van der Waals surface area contributed by atoms with E-state index in [1.54, 1.807) is 17.1 Å². The molecule has 1 aromatic rings. The summed E-state index contributed by atoms with van der Waals surface area (Å²) in [6.07, 6.45) is 8.20. The van der Waals surface area contributed by atoms with Crippen LogP contribution in [0.25, 0.3) is 5.70 Å². The number of hydrogen-bond donors (Lipinski definition) is 1. The highest BCUT2D eigenvalue weighted by molar-refractivity contribution is 5.68. The molecule has 0 fully saturated rings. The summed E-state index contributed by atoms with van der Waals surface area (Å²) < 4.78 is 12.8. The maximum absolute atomic E-state index is 11.8. The van der Waals surface area contributed by atoms with Gasteiger partial charge < -0.3 is 14.8 Å². The summed E-state index contributed by atoms with van der Waals surface area (Å²) in [6.45, 7) is 15.5. The lowest BCUT2D eigenvalue weighted by Crippen LogP contribution is -2.37. The fourth-order valence-electron chi connectivity index (χ4n) is 2.30. The molecule has 0 aliphatic heterocycles. The summed E-state index contributed by atoms with van der Waals surface area (Å²) in [6, 6.07) is -0.00124. The van der Waals surface area contributed by atoms with Gasteiger partial charge in [-0.3, -0.25) is 0 Å². The molecule has 0 saturated carbocycles. The minimum atomic E-state index is -0.499. The Kier molecular flexibility index (Phi) is 8.78. The Morgan fingerprint density at radius 3 is 2.67 bits per heavy atom. The Morgan fingerprint density at radius 1 is 1.44 bits per heavy atom. The second-order valence-corrected chi connectivity index (χ2v) is 7.21. The number of carbonyl (C=O) groups excluding carboxylic acids is 1. The van der Waals surface area contributed by atoms with E-state index >= 15 is 0 Å². The maximum atomic E-state index is 11.8. The van der Waals surface area contributed by atoms with Gasteiger partial charge in [-0.15, -0.1) is 0 Å². The normalized spacial score (nSPS) is 13.9. The summed E-state index contributed by atoms with van der Waals surface area (Å²) in [5.41, 5.74) is 0.273. The van der Waals surface area contributed by atoms with Crippen LogP contribution in [-0.4, -0.2) is 39.1 Å². The third kappa shape index (κ3) is 8.57. The smallest absolute Gasteiger partial charge is 0.407 e. The van der Waals surface area contributed by atoms with E-state index in [-0.39, 0.29) is 6.04 Å². The highest BCUT2D eigenvalue weighted by Gasteiger charge is 2.17. The topological polar surface area (TPSA) is 78.3 Å². The average molecular weight is 377 g/mol. The van der Waals surface area contributed by atoms with Crippen LogP contribution in [0, 0.1) is 6.92 Å². The van der Waals surface area contributed by atoms with Crippen LogP contribution in [0.1, 0.15) is 53.3 Å². The van der Waals surface area contributed by atoms with Crippen LogP contribution < -0.4 is 5.32 Å². The summed E-state index contributed by atoms with van der Waals surface area (Å²) >= 11 is 0. The molecule has 7 heteroatoms. The summed E-state index contributed by atoms with van der Waals surface area (Å²) in [7, 11) is 0. The molecule has 0 aliphatic carbocycles. The third-order valence-corrected chi connectivity index (χ3v) is 3.45. The van der Waals surface area contributed by atoms with E-state index in [4.69, 9.17) is 9.47 Å². The molecule has 7 nitrogen and oxygen atoms in total. The molecule has 1 atom stereocenters. The van der Waals surface area contributed by atoms with Gasteiger partial charge in [-0.25, -0.2) is 14.5 Å². The summed E-state index contributed by atoms with van der Waals surface area (Å²) in [5.74, 6) is 1.38. The summed E-state index contributed by atoms with van der Waals surface area (Å²) in [4.78, 5) is 15.9. The number of alkyl carbamates (subject to hydrolysis) is 1. The van der Waals surface area contributed by atoms with Crippen molar-refractivity contribution in [1.82, 2.24) is 20.1 Å². The second kappa shape index (κ2) is 10.5. The number of aryl methyl sites for hydroxylation is 1.